The van der Waals surface area contributed by atoms with E-state index in [-0.39, 0.29) is 30.4 Å². The fraction of sp³-hybridized carbons (Fsp3) is 0.500. The van der Waals surface area contributed by atoms with Crippen LogP contribution >= 0.6 is 11.3 Å². The smallest absolute Gasteiger partial charge is 0.264 e. The monoisotopic (exact) mass is 464 g/mol. The van der Waals surface area contributed by atoms with Crippen molar-refractivity contribution in [2.75, 3.05) is 6.54 Å². The van der Waals surface area contributed by atoms with Crippen LogP contribution in [-0.2, 0) is 4.79 Å². The lowest BCUT2D eigenvalue weighted by atomic mass is 9.95. The molecule has 3 aromatic rings. The third kappa shape index (κ3) is 4.69. The molecule has 2 aliphatic carbocycles. The van der Waals surface area contributed by atoms with E-state index in [1.54, 1.807) is 0 Å². The predicted octanol–water partition coefficient (Wildman–Crippen LogP) is 5.23. The Morgan fingerprint density at radius 1 is 1.06 bits per heavy atom. The van der Waals surface area contributed by atoms with Crippen LogP contribution in [0.3, 0.4) is 0 Å². The molecule has 0 unspecified atom stereocenters. The van der Waals surface area contributed by atoms with Crippen molar-refractivity contribution in [2.45, 2.75) is 76.8 Å². The molecule has 2 saturated carbocycles. The fourth-order valence-corrected chi connectivity index (χ4v) is 6.43. The minimum absolute atomic E-state index is 0.0186. The van der Waals surface area contributed by atoms with Crippen LogP contribution in [0.2, 0.25) is 0 Å². The SMILES string of the molecule is Cc1nn(-c2ccccc2)c2sc(C(=O)N(CC(=O)NC3CCCCC3)C3CCCC3)cc12. The Morgan fingerprint density at radius 3 is 2.48 bits per heavy atom. The van der Waals surface area contributed by atoms with Gasteiger partial charge in [0.25, 0.3) is 5.91 Å². The van der Waals surface area contributed by atoms with Gasteiger partial charge in [0.15, 0.2) is 0 Å². The first kappa shape index (κ1) is 22.1. The number of rotatable bonds is 6. The molecule has 7 heteroatoms. The molecule has 6 nitrogen and oxygen atoms in total. The molecule has 0 spiro atoms. The van der Waals surface area contributed by atoms with E-state index in [2.05, 4.69) is 5.32 Å². The molecule has 2 aromatic heterocycles. The zero-order valence-electron chi connectivity index (χ0n) is 19.3. The Labute approximate surface area is 199 Å². The summed E-state index contributed by atoms with van der Waals surface area (Å²) in [5, 5.41) is 8.90. The molecule has 2 heterocycles. The molecule has 33 heavy (non-hydrogen) atoms. The van der Waals surface area contributed by atoms with Crippen LogP contribution in [0.1, 0.15) is 73.2 Å². The number of hydrogen-bond acceptors (Lipinski definition) is 4. The Morgan fingerprint density at radius 2 is 1.76 bits per heavy atom. The standard InChI is InChI=1S/C26H32N4O2S/c1-18-22-16-23(33-26(22)30(28-18)21-14-6-3-7-15-21)25(32)29(20-12-8-9-13-20)17-24(31)27-19-10-4-2-5-11-19/h3,6-7,14-16,19-20H,2,4-5,8-13,17H2,1H3,(H,27,31). The number of nitrogens with zero attached hydrogens (tertiary/aromatic N) is 3. The number of fused-ring (bicyclic) bond motifs is 1. The Kier molecular flexibility index (Phi) is 6.49. The van der Waals surface area contributed by atoms with Gasteiger partial charge in [-0.15, -0.1) is 11.3 Å². The zero-order chi connectivity index (χ0) is 22.8. The van der Waals surface area contributed by atoms with Crippen molar-refractivity contribution in [1.82, 2.24) is 20.0 Å². The number of aryl methyl sites for hydroxylation is 1. The molecule has 5 rings (SSSR count). The molecule has 0 bridgehead atoms. The van der Waals surface area contributed by atoms with E-state index in [9.17, 15) is 9.59 Å². The summed E-state index contributed by atoms with van der Waals surface area (Å²) >= 11 is 1.48. The highest BCUT2D eigenvalue weighted by molar-refractivity contribution is 7.20. The highest BCUT2D eigenvalue weighted by atomic mass is 32.1. The third-order valence-electron chi connectivity index (χ3n) is 7.07. The van der Waals surface area contributed by atoms with Crippen LogP contribution < -0.4 is 5.32 Å². The van der Waals surface area contributed by atoms with Gasteiger partial charge in [0.1, 0.15) is 11.4 Å². The van der Waals surface area contributed by atoms with Crippen molar-refractivity contribution < 1.29 is 9.59 Å². The van der Waals surface area contributed by atoms with Crippen molar-refractivity contribution in [3.05, 3.63) is 47.0 Å². The Balaban J connectivity index is 1.40. The number of hydrogen-bond donors (Lipinski definition) is 1. The van der Waals surface area contributed by atoms with E-state index in [1.807, 2.05) is 52.9 Å². The van der Waals surface area contributed by atoms with Crippen LogP contribution in [-0.4, -0.2) is 45.1 Å². The van der Waals surface area contributed by atoms with E-state index in [4.69, 9.17) is 5.10 Å². The van der Waals surface area contributed by atoms with Gasteiger partial charge in [0.2, 0.25) is 5.91 Å². The normalized spacial score (nSPS) is 17.5. The van der Waals surface area contributed by atoms with E-state index in [1.165, 1.54) is 30.6 Å². The third-order valence-corrected chi connectivity index (χ3v) is 8.17. The number of amides is 2. The maximum absolute atomic E-state index is 13.7. The summed E-state index contributed by atoms with van der Waals surface area (Å²) in [4.78, 5) is 30.1. The van der Waals surface area contributed by atoms with Crippen LogP contribution in [0.5, 0.6) is 0 Å². The van der Waals surface area contributed by atoms with Crippen molar-refractivity contribution in [1.29, 1.82) is 0 Å². The van der Waals surface area contributed by atoms with Gasteiger partial charge in [-0.25, -0.2) is 4.68 Å². The molecule has 0 radical (unpaired) electrons. The van der Waals surface area contributed by atoms with E-state index >= 15 is 0 Å². The maximum Gasteiger partial charge on any atom is 0.264 e. The van der Waals surface area contributed by atoms with Gasteiger partial charge in [-0.05, 0) is 50.8 Å². The molecular formula is C26H32N4O2S. The van der Waals surface area contributed by atoms with Gasteiger partial charge in [0.05, 0.1) is 16.3 Å². The number of aromatic nitrogens is 2. The van der Waals surface area contributed by atoms with Crippen LogP contribution in [0, 0.1) is 6.92 Å². The second kappa shape index (κ2) is 9.67. The minimum Gasteiger partial charge on any atom is -0.352 e. The van der Waals surface area contributed by atoms with Gasteiger partial charge < -0.3 is 10.2 Å². The van der Waals surface area contributed by atoms with Gasteiger partial charge in [-0.1, -0.05) is 50.3 Å². The van der Waals surface area contributed by atoms with Gasteiger partial charge >= 0.3 is 0 Å². The quantitative estimate of drug-likeness (QED) is 0.543. The number of thiophene rings is 1. The predicted molar refractivity (Wildman–Crippen MR) is 132 cm³/mol. The second-order valence-corrected chi connectivity index (χ2v) is 10.5. The van der Waals surface area contributed by atoms with Crippen LogP contribution in [0.4, 0.5) is 0 Å². The number of nitrogens with one attached hydrogen (secondary N) is 1. The summed E-state index contributed by atoms with van der Waals surface area (Å²) < 4.78 is 1.92. The number of para-hydroxylation sites is 1. The molecule has 2 amide bonds. The summed E-state index contributed by atoms with van der Waals surface area (Å²) in [7, 11) is 0. The summed E-state index contributed by atoms with van der Waals surface area (Å²) in [6, 6.07) is 12.4. The van der Waals surface area contributed by atoms with Gasteiger partial charge in [-0.2, -0.15) is 5.10 Å². The summed E-state index contributed by atoms with van der Waals surface area (Å²) in [6.45, 7) is 2.13. The molecule has 0 atom stereocenters. The van der Waals surface area contributed by atoms with Crippen molar-refractivity contribution in [3.63, 3.8) is 0 Å². The first-order valence-corrected chi connectivity index (χ1v) is 13.1. The van der Waals surface area contributed by atoms with Crippen molar-refractivity contribution in [2.24, 2.45) is 0 Å². The van der Waals surface area contributed by atoms with Crippen LogP contribution in [0.25, 0.3) is 15.9 Å². The van der Waals surface area contributed by atoms with E-state index in [0.717, 1.165) is 60.1 Å². The topological polar surface area (TPSA) is 67.2 Å². The molecule has 2 aliphatic rings. The minimum atomic E-state index is -0.0269. The molecule has 0 aliphatic heterocycles. The number of benzene rings is 1. The maximum atomic E-state index is 13.7. The second-order valence-electron chi connectivity index (χ2n) is 9.44. The summed E-state index contributed by atoms with van der Waals surface area (Å²) in [5.41, 5.74) is 1.89. The molecule has 174 valence electrons. The summed E-state index contributed by atoms with van der Waals surface area (Å²) in [5.74, 6) is -0.0455. The average molecular weight is 465 g/mol. The van der Waals surface area contributed by atoms with Crippen molar-refractivity contribution >= 4 is 33.4 Å². The molecular weight excluding hydrogens is 432 g/mol. The van der Waals surface area contributed by atoms with Crippen LogP contribution in [0.15, 0.2) is 36.4 Å². The highest BCUT2D eigenvalue weighted by Gasteiger charge is 2.31. The Hall–Kier alpha value is -2.67. The molecule has 1 aromatic carbocycles. The molecule has 0 saturated heterocycles. The van der Waals surface area contributed by atoms with Gasteiger partial charge in [0, 0.05) is 17.5 Å². The number of carbonyl (C=O) groups excluding carboxylic acids is 2. The molecule has 2 fully saturated rings. The average Bonchev–Trinajstić information content (AvgIpc) is 3.57. The van der Waals surface area contributed by atoms with Crippen molar-refractivity contribution in [3.8, 4) is 5.69 Å². The fourth-order valence-electron chi connectivity index (χ4n) is 5.30. The lowest BCUT2D eigenvalue weighted by Crippen LogP contribution is -2.47. The van der Waals surface area contributed by atoms with E-state index in [0.29, 0.717) is 4.88 Å². The zero-order valence-corrected chi connectivity index (χ0v) is 20.1. The number of carbonyl (C=O) groups is 2. The first-order valence-electron chi connectivity index (χ1n) is 12.2. The highest BCUT2D eigenvalue weighted by Crippen LogP contribution is 2.33. The first-order chi connectivity index (χ1) is 16.1. The molecule has 1 N–H and O–H groups in total. The lowest BCUT2D eigenvalue weighted by molar-refractivity contribution is -0.123. The Bertz CT molecular complexity index is 1120. The van der Waals surface area contributed by atoms with E-state index < -0.39 is 0 Å². The summed E-state index contributed by atoms with van der Waals surface area (Å²) in [6.07, 6.45) is 9.90. The van der Waals surface area contributed by atoms with Gasteiger partial charge in [-0.3, -0.25) is 9.59 Å². The lowest BCUT2D eigenvalue weighted by Gasteiger charge is -2.30. The largest absolute Gasteiger partial charge is 0.352 e.